The molecule has 0 fully saturated rings. The Morgan fingerprint density at radius 1 is 1.19 bits per heavy atom. The predicted molar refractivity (Wildman–Crippen MR) is 124 cm³/mol. The van der Waals surface area contributed by atoms with Crippen molar-refractivity contribution in [2.24, 2.45) is 0 Å². The maximum absolute atomic E-state index is 11.4. The molecule has 0 aliphatic carbocycles. The van der Waals surface area contributed by atoms with E-state index in [9.17, 15) is 4.79 Å². The van der Waals surface area contributed by atoms with Crippen LogP contribution in [0.1, 0.15) is 24.1 Å². The SMILES string of the molecule is CC(=O)Nc1cc(-c2cc([C@H](c3ccc(Cl)cc3)N(C)C)c(-c3nnc[nH]3)s2)ccn1. The monoisotopic (exact) mass is 452 g/mol. The highest BCUT2D eigenvalue weighted by Crippen LogP contribution is 2.43. The van der Waals surface area contributed by atoms with Gasteiger partial charge >= 0.3 is 0 Å². The van der Waals surface area contributed by atoms with Gasteiger partial charge in [0.1, 0.15) is 12.1 Å². The molecule has 0 saturated heterocycles. The van der Waals surface area contributed by atoms with Gasteiger partial charge in [0, 0.05) is 23.0 Å². The van der Waals surface area contributed by atoms with Crippen molar-refractivity contribution in [1.29, 1.82) is 0 Å². The zero-order valence-corrected chi connectivity index (χ0v) is 18.8. The second-order valence-corrected chi connectivity index (χ2v) is 8.75. The van der Waals surface area contributed by atoms with E-state index in [0.717, 1.165) is 26.4 Å². The number of nitrogens with one attached hydrogen (secondary N) is 2. The standard InChI is InChI=1S/C22H21ClN6OS/c1-13(30)27-19-10-15(8-9-24-19)18-11-17(21(31-18)22-25-12-26-28-22)20(29(2)3)14-4-6-16(23)7-5-14/h4-12,20H,1-3H3,(H,24,27,30)(H,25,26,28)/t20-/m0/s1. The molecule has 0 aliphatic rings. The number of carbonyl (C=O) groups excluding carboxylic acids is 1. The molecule has 7 nitrogen and oxygen atoms in total. The van der Waals surface area contributed by atoms with Crippen LogP contribution in [-0.4, -0.2) is 45.1 Å². The summed E-state index contributed by atoms with van der Waals surface area (Å²) >= 11 is 7.73. The minimum atomic E-state index is -0.158. The predicted octanol–water partition coefficient (Wildman–Crippen LogP) is 4.86. The summed E-state index contributed by atoms with van der Waals surface area (Å²) in [5, 5.41) is 11.7. The molecule has 31 heavy (non-hydrogen) atoms. The van der Waals surface area contributed by atoms with Crippen molar-refractivity contribution in [3.8, 4) is 21.1 Å². The fraction of sp³-hybridized carbons (Fsp3) is 0.182. The van der Waals surface area contributed by atoms with Crippen molar-refractivity contribution in [1.82, 2.24) is 25.1 Å². The number of anilines is 1. The first kappa shape index (κ1) is 21.2. The van der Waals surface area contributed by atoms with Gasteiger partial charge in [0.25, 0.3) is 0 Å². The van der Waals surface area contributed by atoms with Crippen LogP contribution in [-0.2, 0) is 4.79 Å². The first-order chi connectivity index (χ1) is 14.9. The van der Waals surface area contributed by atoms with Crippen molar-refractivity contribution in [2.45, 2.75) is 13.0 Å². The smallest absolute Gasteiger partial charge is 0.222 e. The number of aromatic nitrogens is 4. The van der Waals surface area contributed by atoms with Gasteiger partial charge in [-0.25, -0.2) is 4.98 Å². The number of pyridine rings is 1. The maximum atomic E-state index is 11.4. The molecule has 0 unspecified atom stereocenters. The molecule has 9 heteroatoms. The van der Waals surface area contributed by atoms with Gasteiger partial charge in [0.15, 0.2) is 5.82 Å². The summed E-state index contributed by atoms with van der Waals surface area (Å²) in [6.07, 6.45) is 3.27. The Morgan fingerprint density at radius 2 is 1.97 bits per heavy atom. The van der Waals surface area contributed by atoms with Gasteiger partial charge in [0.2, 0.25) is 5.91 Å². The van der Waals surface area contributed by atoms with Crippen LogP contribution >= 0.6 is 22.9 Å². The van der Waals surface area contributed by atoms with Crippen LogP contribution in [0.25, 0.3) is 21.1 Å². The minimum absolute atomic E-state index is 0.0148. The van der Waals surface area contributed by atoms with E-state index in [0.29, 0.717) is 16.7 Å². The Hall–Kier alpha value is -3.07. The number of carbonyl (C=O) groups is 1. The van der Waals surface area contributed by atoms with Gasteiger partial charge in [-0.2, -0.15) is 0 Å². The second-order valence-electron chi connectivity index (χ2n) is 7.26. The third-order valence-corrected chi connectivity index (χ3v) is 6.20. The van der Waals surface area contributed by atoms with Crippen LogP contribution in [0.2, 0.25) is 5.02 Å². The van der Waals surface area contributed by atoms with Gasteiger partial charge in [-0.15, -0.1) is 21.5 Å². The molecule has 3 aromatic heterocycles. The molecule has 0 spiro atoms. The molecule has 2 N–H and O–H groups in total. The van der Waals surface area contributed by atoms with Crippen molar-refractivity contribution >= 4 is 34.7 Å². The largest absolute Gasteiger partial charge is 0.327 e. The Labute approximate surface area is 189 Å². The molecule has 0 radical (unpaired) electrons. The van der Waals surface area contributed by atoms with Crippen molar-refractivity contribution < 1.29 is 4.79 Å². The van der Waals surface area contributed by atoms with Crippen molar-refractivity contribution in [3.05, 3.63) is 71.1 Å². The number of hydrogen-bond donors (Lipinski definition) is 2. The minimum Gasteiger partial charge on any atom is -0.327 e. The average molecular weight is 453 g/mol. The van der Waals surface area contributed by atoms with Crippen LogP contribution in [0, 0.1) is 0 Å². The van der Waals surface area contributed by atoms with E-state index in [1.165, 1.54) is 6.92 Å². The van der Waals surface area contributed by atoms with Crippen LogP contribution < -0.4 is 5.32 Å². The number of amides is 1. The molecule has 158 valence electrons. The van der Waals surface area contributed by atoms with Crippen molar-refractivity contribution in [2.75, 3.05) is 19.4 Å². The van der Waals surface area contributed by atoms with E-state index in [2.05, 4.69) is 36.4 Å². The summed E-state index contributed by atoms with van der Waals surface area (Å²) in [6, 6.07) is 13.8. The molecule has 3 heterocycles. The van der Waals surface area contributed by atoms with E-state index in [4.69, 9.17) is 11.6 Å². The lowest BCUT2D eigenvalue weighted by molar-refractivity contribution is -0.114. The molecule has 1 amide bonds. The molecule has 1 aromatic carbocycles. The third kappa shape index (κ3) is 4.66. The van der Waals surface area contributed by atoms with E-state index in [1.54, 1.807) is 23.9 Å². The van der Waals surface area contributed by atoms with E-state index in [1.807, 2.05) is 50.5 Å². The zero-order chi connectivity index (χ0) is 22.0. The van der Waals surface area contributed by atoms with Crippen molar-refractivity contribution in [3.63, 3.8) is 0 Å². The van der Waals surface area contributed by atoms with E-state index in [-0.39, 0.29) is 11.9 Å². The lowest BCUT2D eigenvalue weighted by atomic mass is 9.97. The molecule has 4 rings (SSSR count). The molecular weight excluding hydrogens is 432 g/mol. The van der Waals surface area contributed by atoms with Gasteiger partial charge in [-0.05, 0) is 61.1 Å². The number of benzene rings is 1. The summed E-state index contributed by atoms with van der Waals surface area (Å²) in [7, 11) is 4.09. The maximum Gasteiger partial charge on any atom is 0.222 e. The lowest BCUT2D eigenvalue weighted by Gasteiger charge is -2.25. The van der Waals surface area contributed by atoms with Crippen LogP contribution in [0.4, 0.5) is 5.82 Å². The third-order valence-electron chi connectivity index (χ3n) is 4.74. The van der Waals surface area contributed by atoms with Gasteiger partial charge < -0.3 is 10.3 Å². The molecule has 1 atom stereocenters. The Kier molecular flexibility index (Phi) is 6.13. The number of thiophene rings is 1. The number of hydrogen-bond acceptors (Lipinski definition) is 6. The number of halogens is 1. The quantitative estimate of drug-likeness (QED) is 0.436. The molecule has 0 saturated carbocycles. The number of rotatable bonds is 6. The summed E-state index contributed by atoms with van der Waals surface area (Å²) in [6.45, 7) is 1.47. The van der Waals surface area contributed by atoms with Gasteiger partial charge in [0.05, 0.1) is 10.9 Å². The van der Waals surface area contributed by atoms with Crippen LogP contribution in [0.5, 0.6) is 0 Å². The molecule has 0 aliphatic heterocycles. The zero-order valence-electron chi connectivity index (χ0n) is 17.3. The normalized spacial score (nSPS) is 12.2. The lowest BCUT2D eigenvalue weighted by Crippen LogP contribution is -2.21. The summed E-state index contributed by atoms with van der Waals surface area (Å²) in [5.41, 5.74) is 3.18. The Balaban J connectivity index is 1.85. The fourth-order valence-electron chi connectivity index (χ4n) is 3.49. The topological polar surface area (TPSA) is 86.8 Å². The first-order valence-corrected chi connectivity index (χ1v) is 10.8. The van der Waals surface area contributed by atoms with E-state index < -0.39 is 0 Å². The fourth-order valence-corrected chi connectivity index (χ4v) is 4.75. The Morgan fingerprint density at radius 3 is 2.61 bits per heavy atom. The molecule has 0 bridgehead atoms. The number of aromatic amines is 1. The number of nitrogens with zero attached hydrogens (tertiary/aromatic N) is 4. The highest BCUT2D eigenvalue weighted by molar-refractivity contribution is 7.19. The molecular formula is C22H21ClN6OS. The first-order valence-electron chi connectivity index (χ1n) is 9.58. The highest BCUT2D eigenvalue weighted by atomic mass is 35.5. The van der Waals surface area contributed by atoms with E-state index >= 15 is 0 Å². The van der Waals surface area contributed by atoms with Crippen LogP contribution in [0.15, 0.2) is 55.0 Å². The summed E-state index contributed by atoms with van der Waals surface area (Å²) in [5.74, 6) is 1.07. The number of H-pyrrole nitrogens is 1. The summed E-state index contributed by atoms with van der Waals surface area (Å²) in [4.78, 5) is 23.0. The van der Waals surface area contributed by atoms with Gasteiger partial charge in [-0.3, -0.25) is 9.69 Å². The molecule has 4 aromatic rings. The Bertz CT molecular complexity index is 1190. The van der Waals surface area contributed by atoms with Crippen LogP contribution in [0.3, 0.4) is 0 Å². The van der Waals surface area contributed by atoms with Gasteiger partial charge in [-0.1, -0.05) is 23.7 Å². The summed E-state index contributed by atoms with van der Waals surface area (Å²) < 4.78 is 0. The average Bonchev–Trinajstić information content (AvgIpc) is 3.39. The second kappa shape index (κ2) is 8.97. The highest BCUT2D eigenvalue weighted by Gasteiger charge is 2.25.